The minimum atomic E-state index is -0.795. The zero-order chi connectivity index (χ0) is 19.1. The number of carbonyl (C=O) groups is 1. The summed E-state index contributed by atoms with van der Waals surface area (Å²) >= 11 is 0. The lowest BCUT2D eigenvalue weighted by molar-refractivity contribution is -0.125. The SMILES string of the molecule is COCCNC(=O)C1(Nc2cccc(F)c2)CCN(Cc2ccccc2)C1. The second-order valence-corrected chi connectivity index (χ2v) is 6.91. The molecule has 0 saturated carbocycles. The third kappa shape index (κ3) is 5.05. The first-order chi connectivity index (χ1) is 13.1. The predicted molar refractivity (Wildman–Crippen MR) is 104 cm³/mol. The zero-order valence-corrected chi connectivity index (χ0v) is 15.6. The molecule has 1 saturated heterocycles. The number of ether oxygens (including phenoxy) is 1. The quantitative estimate of drug-likeness (QED) is 0.701. The van der Waals surface area contributed by atoms with E-state index in [1.165, 1.54) is 17.7 Å². The van der Waals surface area contributed by atoms with Gasteiger partial charge in [-0.2, -0.15) is 0 Å². The van der Waals surface area contributed by atoms with Gasteiger partial charge in [0.25, 0.3) is 0 Å². The van der Waals surface area contributed by atoms with Gasteiger partial charge in [-0.05, 0) is 30.2 Å². The monoisotopic (exact) mass is 371 g/mol. The van der Waals surface area contributed by atoms with Gasteiger partial charge in [-0.25, -0.2) is 4.39 Å². The molecular formula is C21H26FN3O2. The van der Waals surface area contributed by atoms with Gasteiger partial charge in [-0.3, -0.25) is 9.69 Å². The molecule has 1 atom stereocenters. The topological polar surface area (TPSA) is 53.6 Å². The number of methoxy groups -OCH3 is 1. The van der Waals surface area contributed by atoms with E-state index < -0.39 is 5.54 Å². The van der Waals surface area contributed by atoms with Crippen LogP contribution in [0.15, 0.2) is 54.6 Å². The average molecular weight is 371 g/mol. The van der Waals surface area contributed by atoms with Crippen molar-refractivity contribution < 1.29 is 13.9 Å². The van der Waals surface area contributed by atoms with E-state index in [2.05, 4.69) is 27.7 Å². The largest absolute Gasteiger partial charge is 0.383 e. The molecule has 0 spiro atoms. The second kappa shape index (κ2) is 8.97. The number of halogens is 1. The summed E-state index contributed by atoms with van der Waals surface area (Å²) < 4.78 is 18.6. The highest BCUT2D eigenvalue weighted by atomic mass is 19.1. The Bertz CT molecular complexity index is 756. The molecular weight excluding hydrogens is 345 g/mol. The normalized spacial score (nSPS) is 19.8. The van der Waals surface area contributed by atoms with E-state index in [1.54, 1.807) is 19.2 Å². The molecule has 1 aliphatic heterocycles. The molecule has 6 heteroatoms. The van der Waals surface area contributed by atoms with Crippen LogP contribution in [0.3, 0.4) is 0 Å². The summed E-state index contributed by atoms with van der Waals surface area (Å²) in [5.41, 5.74) is 1.02. The molecule has 1 unspecified atom stereocenters. The highest BCUT2D eigenvalue weighted by Gasteiger charge is 2.44. The van der Waals surface area contributed by atoms with Gasteiger partial charge in [-0.15, -0.1) is 0 Å². The Morgan fingerprint density at radius 2 is 2.04 bits per heavy atom. The second-order valence-electron chi connectivity index (χ2n) is 6.91. The molecule has 5 nitrogen and oxygen atoms in total. The third-order valence-corrected chi connectivity index (χ3v) is 4.83. The summed E-state index contributed by atoms with van der Waals surface area (Å²) in [6.07, 6.45) is 0.648. The number of hydrogen-bond acceptors (Lipinski definition) is 4. The molecule has 0 aromatic heterocycles. The Labute approximate surface area is 159 Å². The van der Waals surface area contributed by atoms with Crippen LogP contribution in [-0.4, -0.2) is 49.7 Å². The van der Waals surface area contributed by atoms with E-state index in [4.69, 9.17) is 4.74 Å². The highest BCUT2D eigenvalue weighted by Crippen LogP contribution is 2.28. The maximum absolute atomic E-state index is 13.6. The number of carbonyl (C=O) groups excluding carboxylic acids is 1. The van der Waals surface area contributed by atoms with Crippen LogP contribution in [0.25, 0.3) is 0 Å². The van der Waals surface area contributed by atoms with Crippen molar-refractivity contribution in [3.05, 3.63) is 66.0 Å². The van der Waals surface area contributed by atoms with Crippen molar-refractivity contribution in [2.45, 2.75) is 18.5 Å². The fraction of sp³-hybridized carbons (Fsp3) is 0.381. The number of amides is 1. The summed E-state index contributed by atoms with van der Waals surface area (Å²) in [5, 5.41) is 6.24. The lowest BCUT2D eigenvalue weighted by atomic mass is 9.96. The van der Waals surface area contributed by atoms with Gasteiger partial charge in [-0.1, -0.05) is 36.4 Å². The molecule has 1 aliphatic rings. The van der Waals surface area contributed by atoms with Gasteiger partial charge >= 0.3 is 0 Å². The molecule has 2 N–H and O–H groups in total. The molecule has 0 radical (unpaired) electrons. The van der Waals surface area contributed by atoms with Gasteiger partial charge in [0.2, 0.25) is 5.91 Å². The van der Waals surface area contributed by atoms with E-state index in [9.17, 15) is 9.18 Å². The third-order valence-electron chi connectivity index (χ3n) is 4.83. The lowest BCUT2D eigenvalue weighted by Crippen LogP contribution is -2.54. The number of hydrogen-bond donors (Lipinski definition) is 2. The van der Waals surface area contributed by atoms with Gasteiger partial charge in [0.05, 0.1) is 6.61 Å². The first kappa shape index (κ1) is 19.3. The number of nitrogens with one attached hydrogen (secondary N) is 2. The molecule has 1 heterocycles. The molecule has 2 aromatic rings. The number of likely N-dealkylation sites (tertiary alicyclic amines) is 1. The fourth-order valence-corrected chi connectivity index (χ4v) is 3.49. The van der Waals surface area contributed by atoms with Crippen molar-refractivity contribution in [3.8, 4) is 0 Å². The van der Waals surface area contributed by atoms with Crippen molar-refractivity contribution in [3.63, 3.8) is 0 Å². The van der Waals surface area contributed by atoms with Crippen LogP contribution in [0.2, 0.25) is 0 Å². The summed E-state index contributed by atoms with van der Waals surface area (Å²) in [5.74, 6) is -0.409. The predicted octanol–water partition coefficient (Wildman–Crippen LogP) is 2.64. The molecule has 2 aromatic carbocycles. The fourth-order valence-electron chi connectivity index (χ4n) is 3.49. The average Bonchev–Trinajstić information content (AvgIpc) is 3.06. The molecule has 0 aliphatic carbocycles. The Hall–Kier alpha value is -2.44. The summed E-state index contributed by atoms with van der Waals surface area (Å²) in [4.78, 5) is 15.2. The number of anilines is 1. The molecule has 3 rings (SSSR count). The van der Waals surface area contributed by atoms with Crippen LogP contribution in [-0.2, 0) is 16.1 Å². The van der Waals surface area contributed by atoms with Crippen molar-refractivity contribution in [1.29, 1.82) is 0 Å². The van der Waals surface area contributed by atoms with E-state index in [0.717, 1.165) is 13.1 Å². The van der Waals surface area contributed by atoms with Crippen LogP contribution < -0.4 is 10.6 Å². The summed E-state index contributed by atoms with van der Waals surface area (Å²) in [6, 6.07) is 16.4. The zero-order valence-electron chi connectivity index (χ0n) is 15.6. The Balaban J connectivity index is 1.75. The number of rotatable bonds is 8. The van der Waals surface area contributed by atoms with E-state index in [-0.39, 0.29) is 11.7 Å². The minimum absolute atomic E-state index is 0.0839. The van der Waals surface area contributed by atoms with Gasteiger partial charge in [0, 0.05) is 39.0 Å². The van der Waals surface area contributed by atoms with E-state index in [0.29, 0.717) is 31.8 Å². The van der Waals surface area contributed by atoms with Crippen LogP contribution in [0.1, 0.15) is 12.0 Å². The first-order valence-electron chi connectivity index (χ1n) is 9.18. The number of nitrogens with zero attached hydrogens (tertiary/aromatic N) is 1. The van der Waals surface area contributed by atoms with Crippen molar-refractivity contribution >= 4 is 11.6 Å². The molecule has 144 valence electrons. The highest BCUT2D eigenvalue weighted by molar-refractivity contribution is 5.90. The van der Waals surface area contributed by atoms with Crippen molar-refractivity contribution in [2.24, 2.45) is 0 Å². The molecule has 27 heavy (non-hydrogen) atoms. The Kier molecular flexibility index (Phi) is 6.42. The molecule has 1 amide bonds. The van der Waals surface area contributed by atoms with Gasteiger partial charge in [0.1, 0.15) is 11.4 Å². The van der Waals surface area contributed by atoms with Gasteiger partial charge in [0.15, 0.2) is 0 Å². The van der Waals surface area contributed by atoms with Crippen LogP contribution in [0.4, 0.5) is 10.1 Å². The van der Waals surface area contributed by atoms with Gasteiger partial charge < -0.3 is 15.4 Å². The number of benzene rings is 2. The van der Waals surface area contributed by atoms with Crippen LogP contribution >= 0.6 is 0 Å². The maximum atomic E-state index is 13.6. The minimum Gasteiger partial charge on any atom is -0.383 e. The maximum Gasteiger partial charge on any atom is 0.247 e. The van der Waals surface area contributed by atoms with E-state index >= 15 is 0 Å². The summed E-state index contributed by atoms with van der Waals surface area (Å²) in [7, 11) is 1.60. The van der Waals surface area contributed by atoms with Crippen molar-refractivity contribution in [1.82, 2.24) is 10.2 Å². The molecule has 0 bridgehead atoms. The Morgan fingerprint density at radius 1 is 1.22 bits per heavy atom. The van der Waals surface area contributed by atoms with Crippen molar-refractivity contribution in [2.75, 3.05) is 38.7 Å². The summed E-state index contributed by atoms with van der Waals surface area (Å²) in [6.45, 7) is 3.01. The van der Waals surface area contributed by atoms with Crippen LogP contribution in [0, 0.1) is 5.82 Å². The smallest absolute Gasteiger partial charge is 0.247 e. The lowest BCUT2D eigenvalue weighted by Gasteiger charge is -2.30. The van der Waals surface area contributed by atoms with Crippen LogP contribution in [0.5, 0.6) is 0 Å². The standard InChI is InChI=1S/C21H26FN3O2/c1-27-13-11-23-20(26)21(24-19-9-5-8-18(22)14-19)10-12-25(16-21)15-17-6-3-2-4-7-17/h2-9,14,24H,10-13,15-16H2,1H3,(H,23,26). The Morgan fingerprint density at radius 3 is 2.78 bits per heavy atom. The first-order valence-corrected chi connectivity index (χ1v) is 9.18. The molecule has 1 fully saturated rings. The van der Waals surface area contributed by atoms with E-state index in [1.807, 2.05) is 18.2 Å².